The van der Waals surface area contributed by atoms with E-state index in [1.54, 1.807) is 52.6 Å². The molecule has 4 amide bonds. The van der Waals surface area contributed by atoms with Crippen LogP contribution >= 0.6 is 11.8 Å². The van der Waals surface area contributed by atoms with Crippen LogP contribution in [0.5, 0.6) is 0 Å². The molecule has 15 heteroatoms. The van der Waals surface area contributed by atoms with E-state index in [0.717, 1.165) is 22.0 Å². The van der Waals surface area contributed by atoms with Crippen molar-refractivity contribution >= 4 is 52.4 Å². The van der Waals surface area contributed by atoms with Crippen LogP contribution in [-0.2, 0) is 37.5 Å². The van der Waals surface area contributed by atoms with Crippen molar-refractivity contribution in [2.45, 2.75) is 94.9 Å². The first-order chi connectivity index (χ1) is 29.7. The molecule has 62 heavy (non-hydrogen) atoms. The highest BCUT2D eigenvalue weighted by Crippen LogP contribution is 2.30. The molecule has 5 aromatic rings. The number of imidazole rings is 1. The highest BCUT2D eigenvalue weighted by molar-refractivity contribution is 7.98. The molecule has 1 aliphatic rings. The first-order valence-electron chi connectivity index (χ1n) is 21.2. The molecule has 3 heterocycles. The zero-order valence-electron chi connectivity index (χ0n) is 36.6. The Labute approximate surface area is 368 Å². The molecule has 0 bridgehead atoms. The summed E-state index contributed by atoms with van der Waals surface area (Å²) in [6.45, 7) is 11.9. The van der Waals surface area contributed by atoms with Gasteiger partial charge in [0.15, 0.2) is 0 Å². The molecule has 0 unspecified atom stereocenters. The average Bonchev–Trinajstić information content (AvgIpc) is 3.93. The molecular formula is C47H60N8O6S. The molecule has 14 nitrogen and oxygen atoms in total. The predicted molar refractivity (Wildman–Crippen MR) is 243 cm³/mol. The summed E-state index contributed by atoms with van der Waals surface area (Å²) in [5.74, 6) is -0.437. The first-order valence-corrected chi connectivity index (χ1v) is 22.5. The van der Waals surface area contributed by atoms with E-state index in [1.165, 1.54) is 10.6 Å². The number of alkyl carbamates (subject to hydrolysis) is 1. The number of fused-ring (bicyclic) bond motifs is 1. The predicted octanol–water partition coefficient (Wildman–Crippen LogP) is 7.63. The smallest absolute Gasteiger partial charge is 0.407 e. The lowest BCUT2D eigenvalue weighted by Gasteiger charge is -2.37. The number of ether oxygens (including phenoxy) is 2. The lowest BCUT2D eigenvalue weighted by Crippen LogP contribution is -2.52. The summed E-state index contributed by atoms with van der Waals surface area (Å²) in [6.07, 6.45) is 6.93. The summed E-state index contributed by atoms with van der Waals surface area (Å²) in [6, 6.07) is 24.1. The van der Waals surface area contributed by atoms with Crippen molar-refractivity contribution < 1.29 is 28.7 Å². The number of nitrogens with one attached hydrogen (secondary N) is 5. The van der Waals surface area contributed by atoms with Crippen LogP contribution in [0.25, 0.3) is 10.9 Å². The Kier molecular flexibility index (Phi) is 15.2. The Morgan fingerprint density at radius 3 is 2.32 bits per heavy atom. The van der Waals surface area contributed by atoms with Crippen molar-refractivity contribution in [2.75, 3.05) is 43.9 Å². The molecule has 5 N–H and O–H groups in total. The van der Waals surface area contributed by atoms with Gasteiger partial charge < -0.3 is 45.2 Å². The molecular weight excluding hydrogens is 805 g/mol. The van der Waals surface area contributed by atoms with Gasteiger partial charge in [0, 0.05) is 73.0 Å². The summed E-state index contributed by atoms with van der Waals surface area (Å²) in [5, 5.41) is 10.0. The van der Waals surface area contributed by atoms with Crippen LogP contribution in [0.3, 0.4) is 0 Å². The summed E-state index contributed by atoms with van der Waals surface area (Å²) in [5.41, 5.74) is 2.66. The minimum absolute atomic E-state index is 0.166. The normalized spacial score (nSPS) is 14.2. The van der Waals surface area contributed by atoms with Gasteiger partial charge in [-0.2, -0.15) is 0 Å². The molecule has 0 aliphatic carbocycles. The molecule has 0 saturated carbocycles. The number of anilines is 1. The van der Waals surface area contributed by atoms with Crippen LogP contribution < -0.4 is 20.9 Å². The fourth-order valence-corrected chi connectivity index (χ4v) is 7.99. The van der Waals surface area contributed by atoms with Gasteiger partial charge in [0.2, 0.25) is 5.91 Å². The number of amides is 4. The van der Waals surface area contributed by atoms with E-state index in [0.29, 0.717) is 69.9 Å². The Morgan fingerprint density at radius 1 is 0.871 bits per heavy atom. The molecule has 0 spiro atoms. The summed E-state index contributed by atoms with van der Waals surface area (Å²) < 4.78 is 11.0. The maximum atomic E-state index is 14.1. The molecule has 1 saturated heterocycles. The molecule has 0 radical (unpaired) electrons. The first kappa shape index (κ1) is 45.6. The van der Waals surface area contributed by atoms with E-state index in [1.807, 2.05) is 77.8 Å². The van der Waals surface area contributed by atoms with Gasteiger partial charge in [-0.15, -0.1) is 11.8 Å². The number of hydrogen-bond acceptors (Lipinski definition) is 9. The zero-order valence-corrected chi connectivity index (χ0v) is 37.4. The van der Waals surface area contributed by atoms with E-state index >= 15 is 0 Å². The molecule has 3 aromatic carbocycles. The van der Waals surface area contributed by atoms with E-state index < -0.39 is 41.1 Å². The number of carbonyl (C=O) groups is 4. The van der Waals surface area contributed by atoms with E-state index in [-0.39, 0.29) is 12.6 Å². The number of aromatic nitrogens is 3. The van der Waals surface area contributed by atoms with Crippen molar-refractivity contribution in [3.8, 4) is 0 Å². The minimum Gasteiger partial charge on any atom is -0.458 e. The lowest BCUT2D eigenvalue weighted by atomic mass is 9.88. The molecule has 2 aromatic heterocycles. The third kappa shape index (κ3) is 12.1. The van der Waals surface area contributed by atoms with Crippen molar-refractivity contribution in [2.24, 2.45) is 0 Å². The Morgan fingerprint density at radius 2 is 1.58 bits per heavy atom. The average molecular weight is 865 g/mol. The number of unbranched alkanes of at least 4 members (excludes halogenated alkanes) is 1. The second-order valence-corrected chi connectivity index (χ2v) is 17.9. The number of thioether (sulfide) groups is 1. The van der Waals surface area contributed by atoms with Crippen LogP contribution in [0, 0.1) is 0 Å². The SMILES string of the molecule is CSc1ccccc1N1CCN(C(=O)N[C@H](Cc2c[nH]c3ccccc23)c2ncc(C(C)(C)C(=O)N[C@H](CCCCNC(=O)OCc3ccccc3)C(=O)OC(C)(C)C)[nH]2)CC1. The van der Waals surface area contributed by atoms with Crippen molar-refractivity contribution in [3.05, 3.63) is 114 Å². The number of carbonyl (C=O) groups excluding carboxylic acids is 4. The number of urea groups is 1. The maximum Gasteiger partial charge on any atom is 0.407 e. The van der Waals surface area contributed by atoms with Crippen LogP contribution in [0.15, 0.2) is 96.2 Å². The Hall–Kier alpha value is -5.96. The number of piperazine rings is 1. The van der Waals surface area contributed by atoms with E-state index in [9.17, 15) is 19.2 Å². The van der Waals surface area contributed by atoms with Crippen molar-refractivity contribution in [3.63, 3.8) is 0 Å². The summed E-state index contributed by atoms with van der Waals surface area (Å²) >= 11 is 1.71. The summed E-state index contributed by atoms with van der Waals surface area (Å²) in [7, 11) is 0. The highest BCUT2D eigenvalue weighted by Gasteiger charge is 2.37. The van der Waals surface area contributed by atoms with Crippen LogP contribution in [-0.4, -0.2) is 94.5 Å². The monoisotopic (exact) mass is 864 g/mol. The number of esters is 1. The number of hydrogen-bond donors (Lipinski definition) is 5. The van der Waals surface area contributed by atoms with Crippen molar-refractivity contribution in [1.82, 2.24) is 35.8 Å². The quantitative estimate of drug-likeness (QED) is 0.0358. The molecule has 6 rings (SSSR count). The fourth-order valence-electron chi connectivity index (χ4n) is 7.37. The largest absolute Gasteiger partial charge is 0.458 e. The highest BCUT2D eigenvalue weighted by atomic mass is 32.2. The van der Waals surface area contributed by atoms with Crippen LogP contribution in [0.4, 0.5) is 15.3 Å². The minimum atomic E-state index is -1.16. The number of H-pyrrole nitrogens is 2. The second kappa shape index (κ2) is 20.7. The van der Waals surface area contributed by atoms with E-state index in [4.69, 9.17) is 14.5 Å². The standard InChI is InChI=1S/C47H60N8O6S/c1-46(2,3)61-42(56)36(20-14-15-23-48-45(59)60-31-32-16-8-7-9-17-32)51-43(57)47(4,5)40-30-50-41(53-40)37(28-33-29-49-35-19-11-10-18-34(33)35)52-44(58)55-26-24-54(25-27-55)38-21-12-13-22-39(38)62-6/h7-13,16-19,21-22,29-30,36-37,49H,14-15,20,23-28,31H2,1-6H3,(H,48,59)(H,50,53)(H,51,57)(H,52,58)/t36-,37-/m1/s1. The number of benzene rings is 3. The van der Waals surface area contributed by atoms with Gasteiger partial charge in [0.1, 0.15) is 24.1 Å². The topological polar surface area (TPSA) is 174 Å². The van der Waals surface area contributed by atoms with Gasteiger partial charge in [-0.1, -0.05) is 60.7 Å². The molecule has 1 fully saturated rings. The third-order valence-electron chi connectivity index (χ3n) is 11.0. The van der Waals surface area contributed by atoms with Gasteiger partial charge >= 0.3 is 18.1 Å². The van der Waals surface area contributed by atoms with Crippen LogP contribution in [0.2, 0.25) is 0 Å². The van der Waals surface area contributed by atoms with Gasteiger partial charge in [-0.05, 0) is 89.5 Å². The summed E-state index contributed by atoms with van der Waals surface area (Å²) in [4.78, 5) is 70.6. The maximum absolute atomic E-state index is 14.1. The number of para-hydroxylation sites is 2. The Balaban J connectivity index is 1.11. The van der Waals surface area contributed by atoms with Crippen LogP contribution in [0.1, 0.15) is 82.6 Å². The van der Waals surface area contributed by atoms with Gasteiger partial charge in [-0.25, -0.2) is 19.4 Å². The van der Waals surface area contributed by atoms with Gasteiger partial charge in [0.05, 0.1) is 17.1 Å². The fraction of sp³-hybridized carbons (Fsp3) is 0.426. The number of rotatable bonds is 17. The van der Waals surface area contributed by atoms with Gasteiger partial charge in [0.25, 0.3) is 0 Å². The molecule has 330 valence electrons. The number of aromatic amines is 2. The Bertz CT molecular complexity index is 2280. The molecule has 1 aliphatic heterocycles. The number of nitrogens with zero attached hydrogens (tertiary/aromatic N) is 3. The zero-order chi connectivity index (χ0) is 44.3. The van der Waals surface area contributed by atoms with Gasteiger partial charge in [-0.3, -0.25) is 4.79 Å². The van der Waals surface area contributed by atoms with E-state index in [2.05, 4.69) is 49.2 Å². The third-order valence-corrected chi connectivity index (χ3v) is 11.7. The molecule has 2 atom stereocenters. The van der Waals surface area contributed by atoms with Crippen molar-refractivity contribution in [1.29, 1.82) is 0 Å². The lowest BCUT2D eigenvalue weighted by molar-refractivity contribution is -0.159. The second-order valence-electron chi connectivity index (χ2n) is 17.1.